The number of ketones is 1. The van der Waals surface area contributed by atoms with Gasteiger partial charge in [-0.1, -0.05) is 20.8 Å². The number of thiophene rings is 1. The van der Waals surface area contributed by atoms with Crippen LogP contribution in [0, 0.1) is 24.2 Å². The van der Waals surface area contributed by atoms with Crippen LogP contribution in [0.3, 0.4) is 0 Å². The largest absolute Gasteiger partial charge is 0.293 e. The van der Waals surface area contributed by atoms with Crippen LogP contribution in [0.4, 0.5) is 0 Å². The van der Waals surface area contributed by atoms with E-state index in [1.807, 2.05) is 18.4 Å². The van der Waals surface area contributed by atoms with E-state index in [9.17, 15) is 4.79 Å². The third-order valence-corrected chi connectivity index (χ3v) is 4.36. The minimum Gasteiger partial charge on any atom is -0.293 e. The summed E-state index contributed by atoms with van der Waals surface area (Å²) in [6.45, 7) is 8.71. The van der Waals surface area contributed by atoms with Crippen LogP contribution >= 0.6 is 11.3 Å². The van der Waals surface area contributed by atoms with E-state index >= 15 is 0 Å². The third-order valence-electron chi connectivity index (χ3n) is 3.33. The lowest BCUT2D eigenvalue weighted by molar-refractivity contribution is 0.0952. The van der Waals surface area contributed by atoms with Crippen LogP contribution in [-0.2, 0) is 0 Å². The molecule has 2 rings (SSSR count). The molecule has 1 saturated carbocycles. The van der Waals surface area contributed by atoms with Crippen molar-refractivity contribution in [3.8, 4) is 0 Å². The summed E-state index contributed by atoms with van der Waals surface area (Å²) in [6.07, 6.45) is 1.08. The van der Waals surface area contributed by atoms with Crippen LogP contribution in [-0.4, -0.2) is 5.78 Å². The normalized spacial score (nSPS) is 25.3. The highest BCUT2D eigenvalue weighted by molar-refractivity contribution is 7.12. The van der Waals surface area contributed by atoms with Gasteiger partial charge in [-0.15, -0.1) is 11.3 Å². The Hall–Kier alpha value is -0.630. The average Bonchev–Trinajstić information content (AvgIpc) is 2.82. The van der Waals surface area contributed by atoms with E-state index in [-0.39, 0.29) is 5.41 Å². The summed E-state index contributed by atoms with van der Waals surface area (Å²) in [5.41, 5.74) is 1.43. The fourth-order valence-electron chi connectivity index (χ4n) is 2.24. The molecular weight excluding hydrogens is 204 g/mol. The van der Waals surface area contributed by atoms with Crippen LogP contribution in [0.2, 0.25) is 0 Å². The molecule has 15 heavy (non-hydrogen) atoms. The number of hydrogen-bond donors (Lipinski definition) is 0. The molecule has 0 saturated heterocycles. The molecule has 1 aromatic rings. The molecule has 0 radical (unpaired) electrons. The molecule has 1 aliphatic carbocycles. The lowest BCUT2D eigenvalue weighted by atomic mass is 9.88. The van der Waals surface area contributed by atoms with Crippen molar-refractivity contribution in [1.29, 1.82) is 0 Å². The summed E-state index contributed by atoms with van der Waals surface area (Å²) in [6, 6.07) is 2.03. The van der Waals surface area contributed by atoms with E-state index in [4.69, 9.17) is 0 Å². The van der Waals surface area contributed by atoms with Crippen molar-refractivity contribution in [2.45, 2.75) is 34.1 Å². The highest BCUT2D eigenvalue weighted by Gasteiger charge is 2.49. The highest BCUT2D eigenvalue weighted by Crippen LogP contribution is 2.52. The monoisotopic (exact) mass is 222 g/mol. The van der Waals surface area contributed by atoms with Crippen molar-refractivity contribution in [3.05, 3.63) is 21.9 Å². The lowest BCUT2D eigenvalue weighted by Crippen LogP contribution is -2.13. The summed E-state index contributed by atoms with van der Waals surface area (Å²) in [5, 5.41) is 2.01. The van der Waals surface area contributed by atoms with Crippen LogP contribution in [0.25, 0.3) is 0 Å². The second-order valence-electron chi connectivity index (χ2n) is 5.61. The first-order valence-electron chi connectivity index (χ1n) is 5.49. The Morgan fingerprint density at radius 1 is 1.47 bits per heavy atom. The average molecular weight is 222 g/mol. The zero-order valence-electron chi connectivity index (χ0n) is 9.83. The van der Waals surface area contributed by atoms with Gasteiger partial charge in [-0.2, -0.15) is 0 Å². The topological polar surface area (TPSA) is 17.1 Å². The Morgan fingerprint density at radius 2 is 2.13 bits per heavy atom. The second-order valence-corrected chi connectivity index (χ2v) is 6.53. The van der Waals surface area contributed by atoms with Crippen molar-refractivity contribution in [1.82, 2.24) is 0 Å². The van der Waals surface area contributed by atoms with E-state index in [2.05, 4.69) is 20.8 Å². The number of hydrogen-bond acceptors (Lipinski definition) is 2. The van der Waals surface area contributed by atoms with E-state index in [0.717, 1.165) is 16.9 Å². The summed E-state index contributed by atoms with van der Waals surface area (Å²) in [7, 11) is 0. The maximum atomic E-state index is 12.2. The molecule has 1 fully saturated rings. The fraction of sp³-hybridized carbons (Fsp3) is 0.615. The first kappa shape index (κ1) is 10.9. The molecule has 1 aromatic heterocycles. The maximum Gasteiger partial charge on any atom is 0.176 e. The minimum absolute atomic E-state index is 0.283. The first-order valence-corrected chi connectivity index (χ1v) is 6.37. The Labute approximate surface area is 95.5 Å². The molecule has 1 heterocycles. The molecule has 0 aromatic carbocycles. The molecule has 0 N–H and O–H groups in total. The number of carbonyl (C=O) groups excluding carboxylic acids is 1. The summed E-state index contributed by atoms with van der Waals surface area (Å²) in [4.78, 5) is 13.1. The SMILES string of the molecule is Cc1ccsc1C(=O)C1CC1C(C)(C)C. The summed E-state index contributed by atoms with van der Waals surface area (Å²) in [5.74, 6) is 1.26. The van der Waals surface area contributed by atoms with Gasteiger partial charge in [-0.25, -0.2) is 0 Å². The zero-order valence-corrected chi connectivity index (χ0v) is 10.6. The van der Waals surface area contributed by atoms with Gasteiger partial charge in [0.15, 0.2) is 5.78 Å². The quantitative estimate of drug-likeness (QED) is 0.693. The zero-order chi connectivity index (χ0) is 11.2. The highest BCUT2D eigenvalue weighted by atomic mass is 32.1. The smallest absolute Gasteiger partial charge is 0.176 e. The Bertz CT molecular complexity index is 383. The van der Waals surface area contributed by atoms with Gasteiger partial charge in [0.05, 0.1) is 4.88 Å². The number of aryl methyl sites for hydroxylation is 1. The predicted molar refractivity (Wildman–Crippen MR) is 64.4 cm³/mol. The van der Waals surface area contributed by atoms with Crippen molar-refractivity contribution in [2.75, 3.05) is 0 Å². The summed E-state index contributed by atoms with van der Waals surface area (Å²) >= 11 is 1.59. The standard InChI is InChI=1S/C13H18OS/c1-8-5-6-15-12(8)11(14)9-7-10(9)13(2,3)4/h5-6,9-10H,7H2,1-4H3. The predicted octanol–water partition coefficient (Wildman–Crippen LogP) is 3.92. The van der Waals surface area contributed by atoms with Gasteiger partial charge in [0, 0.05) is 5.92 Å². The van der Waals surface area contributed by atoms with Gasteiger partial charge < -0.3 is 0 Å². The van der Waals surface area contributed by atoms with Gasteiger partial charge in [0.1, 0.15) is 0 Å². The number of Topliss-reactive ketones (excluding diaryl/α,β-unsaturated/α-hetero) is 1. The first-order chi connectivity index (χ1) is 6.91. The minimum atomic E-state index is 0.283. The molecule has 2 heteroatoms. The van der Waals surface area contributed by atoms with Crippen LogP contribution in [0.1, 0.15) is 42.4 Å². The van der Waals surface area contributed by atoms with Gasteiger partial charge in [-0.05, 0) is 41.7 Å². The van der Waals surface area contributed by atoms with E-state index in [1.54, 1.807) is 11.3 Å². The molecule has 82 valence electrons. The van der Waals surface area contributed by atoms with Crippen molar-refractivity contribution in [3.63, 3.8) is 0 Å². The number of carbonyl (C=O) groups is 1. The Morgan fingerprint density at radius 3 is 2.53 bits per heavy atom. The van der Waals surface area contributed by atoms with Gasteiger partial charge in [0.25, 0.3) is 0 Å². The van der Waals surface area contributed by atoms with Gasteiger partial charge in [-0.3, -0.25) is 4.79 Å². The fourth-order valence-corrected chi connectivity index (χ4v) is 3.17. The molecule has 2 unspecified atom stereocenters. The summed E-state index contributed by atoms with van der Waals surface area (Å²) < 4.78 is 0. The molecule has 2 atom stereocenters. The van der Waals surface area contributed by atoms with Gasteiger partial charge >= 0.3 is 0 Å². The Kier molecular flexibility index (Phi) is 2.50. The van der Waals surface area contributed by atoms with E-state index < -0.39 is 0 Å². The van der Waals surface area contributed by atoms with E-state index in [1.165, 1.54) is 0 Å². The van der Waals surface area contributed by atoms with Crippen molar-refractivity contribution >= 4 is 17.1 Å². The number of rotatable bonds is 2. The van der Waals surface area contributed by atoms with Crippen LogP contribution in [0.5, 0.6) is 0 Å². The van der Waals surface area contributed by atoms with Crippen molar-refractivity contribution < 1.29 is 4.79 Å². The molecule has 1 nitrogen and oxygen atoms in total. The molecular formula is C13H18OS. The van der Waals surface area contributed by atoms with E-state index in [0.29, 0.717) is 17.6 Å². The Balaban J connectivity index is 2.10. The molecule has 0 spiro atoms. The molecule has 0 bridgehead atoms. The molecule has 1 aliphatic rings. The van der Waals surface area contributed by atoms with Crippen molar-refractivity contribution in [2.24, 2.45) is 17.3 Å². The van der Waals surface area contributed by atoms with Gasteiger partial charge in [0.2, 0.25) is 0 Å². The molecule has 0 amide bonds. The van der Waals surface area contributed by atoms with Crippen LogP contribution < -0.4 is 0 Å². The molecule has 0 aliphatic heterocycles. The maximum absolute atomic E-state index is 12.2. The third kappa shape index (κ3) is 2.00. The second kappa shape index (κ2) is 3.44. The lowest BCUT2D eigenvalue weighted by Gasteiger charge is -2.17. The van der Waals surface area contributed by atoms with Crippen LogP contribution in [0.15, 0.2) is 11.4 Å².